The van der Waals surface area contributed by atoms with Gasteiger partial charge in [-0.2, -0.15) is 0 Å². The molecule has 2 rings (SSSR count). The maximum absolute atomic E-state index is 9.37. The number of rotatable bonds is 3. The molecule has 0 unspecified atom stereocenters. The SMILES string of the molecule is CNOCc1c(C)sc2cc(O)ccc12. The van der Waals surface area contributed by atoms with Crippen molar-refractivity contribution in [2.24, 2.45) is 0 Å². The summed E-state index contributed by atoms with van der Waals surface area (Å²) in [6.45, 7) is 2.61. The van der Waals surface area contributed by atoms with Crippen LogP contribution in [-0.2, 0) is 11.4 Å². The monoisotopic (exact) mass is 223 g/mol. The van der Waals surface area contributed by atoms with E-state index in [9.17, 15) is 5.11 Å². The number of aromatic hydroxyl groups is 1. The van der Waals surface area contributed by atoms with E-state index in [0.29, 0.717) is 12.4 Å². The Morgan fingerprint density at radius 3 is 3.00 bits per heavy atom. The molecule has 4 heteroatoms. The van der Waals surface area contributed by atoms with E-state index < -0.39 is 0 Å². The number of phenolic OH excluding ortho intramolecular Hbond substituents is 1. The van der Waals surface area contributed by atoms with Gasteiger partial charge >= 0.3 is 0 Å². The topological polar surface area (TPSA) is 41.5 Å². The fourth-order valence-electron chi connectivity index (χ4n) is 1.58. The van der Waals surface area contributed by atoms with Crippen LogP contribution in [0.15, 0.2) is 18.2 Å². The number of hydrogen-bond donors (Lipinski definition) is 2. The Bertz CT molecular complexity index is 479. The molecular weight excluding hydrogens is 210 g/mol. The second-order valence-corrected chi connectivity index (χ2v) is 4.57. The van der Waals surface area contributed by atoms with E-state index in [1.54, 1.807) is 30.5 Å². The molecule has 0 aliphatic heterocycles. The summed E-state index contributed by atoms with van der Waals surface area (Å²) in [7, 11) is 1.75. The third-order valence-corrected chi connectivity index (χ3v) is 3.45. The molecule has 0 aliphatic rings. The van der Waals surface area contributed by atoms with E-state index in [-0.39, 0.29) is 0 Å². The van der Waals surface area contributed by atoms with Gasteiger partial charge in [0.15, 0.2) is 0 Å². The zero-order valence-corrected chi connectivity index (χ0v) is 9.52. The van der Waals surface area contributed by atoms with E-state index in [0.717, 1.165) is 10.1 Å². The Morgan fingerprint density at radius 1 is 1.47 bits per heavy atom. The molecule has 0 aliphatic carbocycles. The normalized spacial score (nSPS) is 11.1. The number of hydrogen-bond acceptors (Lipinski definition) is 4. The van der Waals surface area contributed by atoms with Gasteiger partial charge in [-0.1, -0.05) is 0 Å². The van der Waals surface area contributed by atoms with Crippen molar-refractivity contribution in [3.63, 3.8) is 0 Å². The lowest BCUT2D eigenvalue weighted by molar-refractivity contribution is 0.0450. The van der Waals surface area contributed by atoms with Crippen LogP contribution in [0.5, 0.6) is 5.75 Å². The molecule has 2 N–H and O–H groups in total. The van der Waals surface area contributed by atoms with Crippen LogP contribution >= 0.6 is 11.3 Å². The maximum atomic E-state index is 9.37. The summed E-state index contributed by atoms with van der Waals surface area (Å²) in [6.07, 6.45) is 0. The van der Waals surface area contributed by atoms with Crippen LogP contribution in [0.1, 0.15) is 10.4 Å². The number of benzene rings is 1. The van der Waals surface area contributed by atoms with E-state index in [2.05, 4.69) is 12.4 Å². The lowest BCUT2D eigenvalue weighted by Gasteiger charge is -2.01. The first-order valence-corrected chi connectivity index (χ1v) is 5.53. The predicted molar refractivity (Wildman–Crippen MR) is 62.1 cm³/mol. The molecule has 2 aromatic rings. The summed E-state index contributed by atoms with van der Waals surface area (Å²) in [4.78, 5) is 6.42. The van der Waals surface area contributed by atoms with Crippen LogP contribution in [0.2, 0.25) is 0 Å². The Labute approximate surface area is 92.3 Å². The molecule has 0 amide bonds. The quantitative estimate of drug-likeness (QED) is 0.786. The van der Waals surface area contributed by atoms with Crippen molar-refractivity contribution in [2.45, 2.75) is 13.5 Å². The number of nitrogens with one attached hydrogen (secondary N) is 1. The number of fused-ring (bicyclic) bond motifs is 1. The molecule has 0 spiro atoms. The molecule has 0 atom stereocenters. The largest absolute Gasteiger partial charge is 0.508 e. The summed E-state index contributed by atoms with van der Waals surface area (Å²) in [5.74, 6) is 0.310. The first kappa shape index (κ1) is 10.4. The third kappa shape index (κ3) is 1.97. The second kappa shape index (κ2) is 4.18. The van der Waals surface area contributed by atoms with Gasteiger partial charge in [0.2, 0.25) is 0 Å². The van der Waals surface area contributed by atoms with E-state index in [1.165, 1.54) is 10.4 Å². The molecule has 15 heavy (non-hydrogen) atoms. The fraction of sp³-hybridized carbons (Fsp3) is 0.273. The summed E-state index contributed by atoms with van der Waals surface area (Å²) in [5, 5.41) is 10.5. The predicted octanol–water partition coefficient (Wildman–Crippen LogP) is 2.57. The lowest BCUT2D eigenvalue weighted by Crippen LogP contribution is -2.06. The van der Waals surface area contributed by atoms with Crippen molar-refractivity contribution in [3.8, 4) is 5.75 Å². The maximum Gasteiger partial charge on any atom is 0.117 e. The van der Waals surface area contributed by atoms with Crippen LogP contribution < -0.4 is 5.48 Å². The molecule has 1 aromatic heterocycles. The highest BCUT2D eigenvalue weighted by molar-refractivity contribution is 7.19. The Hall–Kier alpha value is -1.10. The highest BCUT2D eigenvalue weighted by Crippen LogP contribution is 2.33. The zero-order chi connectivity index (χ0) is 10.8. The number of aryl methyl sites for hydroxylation is 1. The molecule has 0 radical (unpaired) electrons. The molecule has 1 aromatic carbocycles. The minimum atomic E-state index is 0.310. The standard InChI is InChI=1S/C11H13NO2S/c1-7-10(6-14-12-2)9-4-3-8(13)5-11(9)15-7/h3-5,12-13H,6H2,1-2H3. The lowest BCUT2D eigenvalue weighted by atomic mass is 10.1. The zero-order valence-electron chi connectivity index (χ0n) is 8.70. The Kier molecular flexibility index (Phi) is 2.90. The molecule has 0 bridgehead atoms. The highest BCUT2D eigenvalue weighted by Gasteiger charge is 2.09. The summed E-state index contributed by atoms with van der Waals surface area (Å²) in [6, 6.07) is 5.43. The van der Waals surface area contributed by atoms with Crippen molar-refractivity contribution in [1.82, 2.24) is 5.48 Å². The van der Waals surface area contributed by atoms with E-state index >= 15 is 0 Å². The minimum absolute atomic E-state index is 0.310. The van der Waals surface area contributed by atoms with Crippen molar-refractivity contribution in [2.75, 3.05) is 7.05 Å². The van der Waals surface area contributed by atoms with Crippen LogP contribution in [0.4, 0.5) is 0 Å². The van der Waals surface area contributed by atoms with Crippen molar-refractivity contribution < 1.29 is 9.94 Å². The van der Waals surface area contributed by atoms with Crippen LogP contribution in [0.3, 0.4) is 0 Å². The van der Waals surface area contributed by atoms with Gasteiger partial charge in [-0.3, -0.25) is 4.84 Å². The van der Waals surface area contributed by atoms with Gasteiger partial charge in [0.1, 0.15) is 5.75 Å². The van der Waals surface area contributed by atoms with Crippen LogP contribution in [-0.4, -0.2) is 12.2 Å². The van der Waals surface area contributed by atoms with Gasteiger partial charge in [-0.25, -0.2) is 5.48 Å². The van der Waals surface area contributed by atoms with Crippen LogP contribution in [0.25, 0.3) is 10.1 Å². The molecule has 1 heterocycles. The first-order chi connectivity index (χ1) is 7.22. The highest BCUT2D eigenvalue weighted by atomic mass is 32.1. The average molecular weight is 223 g/mol. The molecule has 0 saturated heterocycles. The van der Waals surface area contributed by atoms with E-state index in [4.69, 9.17) is 4.84 Å². The average Bonchev–Trinajstić information content (AvgIpc) is 2.50. The summed E-state index contributed by atoms with van der Waals surface area (Å²) < 4.78 is 1.10. The van der Waals surface area contributed by atoms with Gasteiger partial charge < -0.3 is 5.11 Å². The first-order valence-electron chi connectivity index (χ1n) is 4.72. The Morgan fingerprint density at radius 2 is 2.27 bits per heavy atom. The van der Waals surface area contributed by atoms with Gasteiger partial charge in [0.05, 0.1) is 6.61 Å². The Balaban J connectivity index is 2.48. The van der Waals surface area contributed by atoms with Gasteiger partial charge in [0, 0.05) is 22.2 Å². The van der Waals surface area contributed by atoms with Gasteiger partial charge in [-0.05, 0) is 30.5 Å². The second-order valence-electron chi connectivity index (χ2n) is 3.31. The number of hydroxylamine groups is 1. The van der Waals surface area contributed by atoms with Crippen LogP contribution in [0, 0.1) is 6.92 Å². The van der Waals surface area contributed by atoms with E-state index in [1.807, 2.05) is 6.07 Å². The van der Waals surface area contributed by atoms with Gasteiger partial charge in [-0.15, -0.1) is 11.3 Å². The molecular formula is C11H13NO2S. The number of phenols is 1. The van der Waals surface area contributed by atoms with Gasteiger partial charge in [0.25, 0.3) is 0 Å². The fourth-order valence-corrected chi connectivity index (χ4v) is 2.69. The smallest absolute Gasteiger partial charge is 0.117 e. The summed E-state index contributed by atoms with van der Waals surface area (Å²) in [5.41, 5.74) is 3.85. The summed E-state index contributed by atoms with van der Waals surface area (Å²) >= 11 is 1.68. The number of thiophene rings is 1. The minimum Gasteiger partial charge on any atom is -0.508 e. The molecule has 3 nitrogen and oxygen atoms in total. The molecule has 0 saturated carbocycles. The van der Waals surface area contributed by atoms with Crippen molar-refractivity contribution in [3.05, 3.63) is 28.6 Å². The van der Waals surface area contributed by atoms with Crippen molar-refractivity contribution in [1.29, 1.82) is 0 Å². The molecule has 80 valence electrons. The van der Waals surface area contributed by atoms with Crippen molar-refractivity contribution >= 4 is 21.4 Å². The third-order valence-electron chi connectivity index (χ3n) is 2.34. The molecule has 0 fully saturated rings.